The third-order valence-corrected chi connectivity index (χ3v) is 6.76. The summed E-state index contributed by atoms with van der Waals surface area (Å²) in [5, 5.41) is 2.86. The normalized spacial score (nSPS) is 14.7. The molecule has 1 aliphatic rings. The Morgan fingerprint density at radius 3 is 2.32 bits per heavy atom. The average Bonchev–Trinajstić information content (AvgIpc) is 3.23. The molecule has 31 heavy (non-hydrogen) atoms. The Bertz CT molecular complexity index is 981. The number of hydrogen-bond acceptors (Lipinski definition) is 4. The zero-order chi connectivity index (χ0) is 22.4. The van der Waals surface area contributed by atoms with Gasteiger partial charge in [-0.1, -0.05) is 50.2 Å². The van der Waals surface area contributed by atoms with Gasteiger partial charge in [-0.3, -0.25) is 14.0 Å². The maximum atomic E-state index is 12.6. The van der Waals surface area contributed by atoms with Crippen molar-refractivity contribution in [2.45, 2.75) is 45.7 Å². The fraction of sp³-hybridized carbons (Fsp3) is 0.458. The van der Waals surface area contributed by atoms with Crippen molar-refractivity contribution in [2.75, 3.05) is 30.2 Å². The minimum Gasteiger partial charge on any atom is -0.350 e. The van der Waals surface area contributed by atoms with Crippen LogP contribution in [0.3, 0.4) is 0 Å². The van der Waals surface area contributed by atoms with E-state index in [1.54, 1.807) is 12.1 Å². The van der Waals surface area contributed by atoms with Gasteiger partial charge in [0.1, 0.15) is 6.54 Å². The van der Waals surface area contributed by atoms with Crippen LogP contribution in [-0.2, 0) is 27.9 Å². The molecule has 6 nitrogen and oxygen atoms in total. The van der Waals surface area contributed by atoms with Gasteiger partial charge in [-0.15, -0.1) is 0 Å². The molecule has 0 aromatic heterocycles. The van der Waals surface area contributed by atoms with Crippen LogP contribution in [0.4, 0.5) is 5.69 Å². The third kappa shape index (κ3) is 6.80. The zero-order valence-corrected chi connectivity index (χ0v) is 19.5. The summed E-state index contributed by atoms with van der Waals surface area (Å²) in [5.74, 6) is 0.0218. The molecule has 0 radical (unpaired) electrons. The van der Waals surface area contributed by atoms with E-state index in [2.05, 4.69) is 36.2 Å². The van der Waals surface area contributed by atoms with Crippen molar-refractivity contribution in [3.05, 3.63) is 65.2 Å². The van der Waals surface area contributed by atoms with Crippen molar-refractivity contribution in [3.8, 4) is 0 Å². The molecule has 0 bridgehead atoms. The van der Waals surface area contributed by atoms with Crippen LogP contribution in [0.15, 0.2) is 48.5 Å². The van der Waals surface area contributed by atoms with E-state index in [9.17, 15) is 13.2 Å². The summed E-state index contributed by atoms with van der Waals surface area (Å²) in [6.07, 6.45) is 3.64. The molecule has 1 fully saturated rings. The van der Waals surface area contributed by atoms with Gasteiger partial charge in [0.15, 0.2) is 0 Å². The molecule has 1 aliphatic heterocycles. The molecular formula is C24H33N3O3S. The van der Waals surface area contributed by atoms with Gasteiger partial charge in [0.25, 0.3) is 0 Å². The minimum absolute atomic E-state index is 0.243. The number of carbonyl (C=O) groups excluding carboxylic acids is 1. The first-order chi connectivity index (χ1) is 14.7. The number of nitrogens with one attached hydrogen (secondary N) is 1. The van der Waals surface area contributed by atoms with Gasteiger partial charge in [0, 0.05) is 13.1 Å². The molecule has 1 heterocycles. The van der Waals surface area contributed by atoms with Crippen LogP contribution >= 0.6 is 0 Å². The second-order valence-corrected chi connectivity index (χ2v) is 10.5. The van der Waals surface area contributed by atoms with Gasteiger partial charge in [0.2, 0.25) is 15.9 Å². The highest BCUT2D eigenvalue weighted by atomic mass is 32.2. The van der Waals surface area contributed by atoms with Crippen LogP contribution in [0.25, 0.3) is 0 Å². The topological polar surface area (TPSA) is 69.7 Å². The molecule has 1 saturated heterocycles. The first-order valence-electron chi connectivity index (χ1n) is 10.9. The maximum Gasteiger partial charge on any atom is 0.241 e. The van der Waals surface area contributed by atoms with Gasteiger partial charge in [-0.2, -0.15) is 0 Å². The lowest BCUT2D eigenvalue weighted by Gasteiger charge is -2.22. The van der Waals surface area contributed by atoms with Gasteiger partial charge in [-0.25, -0.2) is 8.42 Å². The van der Waals surface area contributed by atoms with Crippen LogP contribution in [0.2, 0.25) is 0 Å². The zero-order valence-electron chi connectivity index (χ0n) is 18.7. The summed E-state index contributed by atoms with van der Waals surface area (Å²) in [6, 6.07) is 15.5. The summed E-state index contributed by atoms with van der Waals surface area (Å²) < 4.78 is 25.8. The Hall–Kier alpha value is -2.38. The van der Waals surface area contributed by atoms with Crippen molar-refractivity contribution in [3.63, 3.8) is 0 Å². The highest BCUT2D eigenvalue weighted by Gasteiger charge is 2.21. The van der Waals surface area contributed by atoms with Crippen molar-refractivity contribution in [1.29, 1.82) is 0 Å². The highest BCUT2D eigenvalue weighted by Crippen LogP contribution is 2.22. The van der Waals surface area contributed by atoms with Crippen LogP contribution < -0.4 is 9.62 Å². The monoisotopic (exact) mass is 443 g/mol. The number of sulfonamides is 1. The summed E-state index contributed by atoms with van der Waals surface area (Å²) in [5.41, 5.74) is 3.86. The molecule has 2 aromatic rings. The average molecular weight is 444 g/mol. The van der Waals surface area contributed by atoms with Crippen LogP contribution in [0.1, 0.15) is 49.3 Å². The van der Waals surface area contributed by atoms with Crippen molar-refractivity contribution in [2.24, 2.45) is 0 Å². The molecule has 1 N–H and O–H groups in total. The molecule has 7 heteroatoms. The summed E-state index contributed by atoms with van der Waals surface area (Å²) >= 11 is 0. The Kier molecular flexibility index (Phi) is 7.73. The van der Waals surface area contributed by atoms with Gasteiger partial charge in [0.05, 0.1) is 11.9 Å². The van der Waals surface area contributed by atoms with Crippen LogP contribution in [0, 0.1) is 0 Å². The fourth-order valence-electron chi connectivity index (χ4n) is 3.85. The SMILES string of the molecule is CC(C)c1ccc(N(CC(=O)NCc2cccc(CN3CCCC3)c2)S(C)(=O)=O)cc1. The first-order valence-corrected chi connectivity index (χ1v) is 12.7. The minimum atomic E-state index is -3.58. The molecular weight excluding hydrogens is 410 g/mol. The second-order valence-electron chi connectivity index (χ2n) is 8.60. The molecule has 3 rings (SSSR count). The predicted octanol–water partition coefficient (Wildman–Crippen LogP) is 3.49. The quantitative estimate of drug-likeness (QED) is 0.644. The smallest absolute Gasteiger partial charge is 0.241 e. The Balaban J connectivity index is 1.61. The van der Waals surface area contributed by atoms with Crippen molar-refractivity contribution >= 4 is 21.6 Å². The van der Waals surface area contributed by atoms with Crippen molar-refractivity contribution < 1.29 is 13.2 Å². The highest BCUT2D eigenvalue weighted by molar-refractivity contribution is 7.92. The molecule has 0 spiro atoms. The third-order valence-electron chi connectivity index (χ3n) is 5.62. The molecule has 0 unspecified atom stereocenters. The number of carbonyl (C=O) groups is 1. The Labute approximate surface area is 186 Å². The van der Waals surface area contributed by atoms with Gasteiger partial charge < -0.3 is 5.32 Å². The van der Waals surface area contributed by atoms with E-state index < -0.39 is 10.0 Å². The summed E-state index contributed by atoms with van der Waals surface area (Å²) in [4.78, 5) is 15.0. The standard InChI is InChI=1S/C24H33N3O3S/c1-19(2)22-9-11-23(12-10-22)27(31(3,29)30)18-24(28)25-16-20-7-6-8-21(15-20)17-26-13-4-5-14-26/h6-12,15,19H,4-5,13-14,16-18H2,1-3H3,(H,25,28). The van der Waals surface area contributed by atoms with E-state index >= 15 is 0 Å². The predicted molar refractivity (Wildman–Crippen MR) is 126 cm³/mol. The van der Waals surface area contributed by atoms with E-state index in [0.717, 1.165) is 41.3 Å². The van der Waals surface area contributed by atoms with E-state index in [1.807, 2.05) is 24.3 Å². The van der Waals surface area contributed by atoms with E-state index in [1.165, 1.54) is 18.4 Å². The van der Waals surface area contributed by atoms with E-state index in [0.29, 0.717) is 18.2 Å². The molecule has 168 valence electrons. The lowest BCUT2D eigenvalue weighted by atomic mass is 10.0. The second kappa shape index (κ2) is 10.3. The number of nitrogens with zero attached hydrogens (tertiary/aromatic N) is 2. The number of amides is 1. The molecule has 0 atom stereocenters. The Morgan fingerprint density at radius 2 is 1.71 bits per heavy atom. The van der Waals surface area contributed by atoms with Crippen molar-refractivity contribution in [1.82, 2.24) is 10.2 Å². The van der Waals surface area contributed by atoms with E-state index in [4.69, 9.17) is 0 Å². The van der Waals surface area contributed by atoms with Crippen LogP contribution in [-0.4, -0.2) is 45.1 Å². The molecule has 2 aromatic carbocycles. The molecule has 0 saturated carbocycles. The number of rotatable bonds is 9. The fourth-order valence-corrected chi connectivity index (χ4v) is 4.71. The number of likely N-dealkylation sites (tertiary alicyclic amines) is 1. The number of hydrogen-bond donors (Lipinski definition) is 1. The number of anilines is 1. The maximum absolute atomic E-state index is 12.6. The summed E-state index contributed by atoms with van der Waals surface area (Å²) in [6.45, 7) is 7.49. The Morgan fingerprint density at radius 1 is 1.06 bits per heavy atom. The summed E-state index contributed by atoms with van der Waals surface area (Å²) in [7, 11) is -3.58. The van der Waals surface area contributed by atoms with E-state index in [-0.39, 0.29) is 12.5 Å². The largest absolute Gasteiger partial charge is 0.350 e. The first kappa shape index (κ1) is 23.3. The lowest BCUT2D eigenvalue weighted by molar-refractivity contribution is -0.119. The van der Waals surface area contributed by atoms with Gasteiger partial charge >= 0.3 is 0 Å². The molecule has 0 aliphatic carbocycles. The molecule has 1 amide bonds. The van der Waals surface area contributed by atoms with Gasteiger partial charge in [-0.05, 0) is 60.7 Å². The lowest BCUT2D eigenvalue weighted by Crippen LogP contribution is -2.40. The van der Waals surface area contributed by atoms with Crippen LogP contribution in [0.5, 0.6) is 0 Å². The number of benzene rings is 2.